The number of halogens is 2. The van der Waals surface area contributed by atoms with Crippen LogP contribution < -0.4 is 5.32 Å². The fourth-order valence-electron chi connectivity index (χ4n) is 2.84. The van der Waals surface area contributed by atoms with E-state index in [1.165, 1.54) is 12.1 Å². The maximum Gasteiger partial charge on any atom is 0.252 e. The summed E-state index contributed by atoms with van der Waals surface area (Å²) in [5, 5.41) is 11.5. The summed E-state index contributed by atoms with van der Waals surface area (Å²) in [4.78, 5) is 12.8. The Morgan fingerprint density at radius 3 is 2.45 bits per heavy atom. The molecule has 29 heavy (non-hydrogen) atoms. The molecule has 0 saturated heterocycles. The van der Waals surface area contributed by atoms with Crippen LogP contribution in [-0.4, -0.2) is 16.1 Å². The van der Waals surface area contributed by atoms with Crippen LogP contribution in [0.2, 0.25) is 5.02 Å². The van der Waals surface area contributed by atoms with Gasteiger partial charge >= 0.3 is 0 Å². The van der Waals surface area contributed by atoms with E-state index < -0.39 is 6.04 Å². The highest BCUT2D eigenvalue weighted by Crippen LogP contribution is 2.26. The van der Waals surface area contributed by atoms with Gasteiger partial charge in [-0.15, -0.1) is 10.2 Å². The van der Waals surface area contributed by atoms with Crippen molar-refractivity contribution in [3.05, 3.63) is 107 Å². The molecule has 1 heterocycles. The Kier molecular flexibility index (Phi) is 5.35. The van der Waals surface area contributed by atoms with Crippen molar-refractivity contribution in [3.8, 4) is 11.5 Å². The maximum absolute atomic E-state index is 13.4. The van der Waals surface area contributed by atoms with Gasteiger partial charge in [-0.05, 0) is 48.0 Å². The summed E-state index contributed by atoms with van der Waals surface area (Å²) in [6.07, 6.45) is 0. The van der Waals surface area contributed by atoms with Crippen LogP contribution in [0.15, 0.2) is 83.3 Å². The normalized spacial score (nSPS) is 11.8. The Morgan fingerprint density at radius 1 is 0.966 bits per heavy atom. The number of amides is 1. The molecule has 0 fully saturated rings. The van der Waals surface area contributed by atoms with E-state index in [4.69, 9.17) is 16.0 Å². The van der Waals surface area contributed by atoms with Gasteiger partial charge in [0.2, 0.25) is 11.8 Å². The number of rotatable bonds is 5. The molecule has 1 atom stereocenters. The molecule has 144 valence electrons. The lowest BCUT2D eigenvalue weighted by atomic mass is 10.1. The molecule has 4 rings (SSSR count). The van der Waals surface area contributed by atoms with Gasteiger partial charge in [-0.25, -0.2) is 4.39 Å². The van der Waals surface area contributed by atoms with Gasteiger partial charge in [0.1, 0.15) is 11.9 Å². The van der Waals surface area contributed by atoms with E-state index in [0.29, 0.717) is 22.0 Å². The minimum atomic E-state index is -0.757. The molecule has 1 N–H and O–H groups in total. The van der Waals surface area contributed by atoms with E-state index in [0.717, 1.165) is 5.56 Å². The second-order valence-electron chi connectivity index (χ2n) is 6.28. The van der Waals surface area contributed by atoms with Gasteiger partial charge in [0.05, 0.1) is 0 Å². The predicted octanol–water partition coefficient (Wildman–Crippen LogP) is 5.05. The summed E-state index contributed by atoms with van der Waals surface area (Å²) in [6.45, 7) is 0. The predicted molar refractivity (Wildman–Crippen MR) is 107 cm³/mol. The van der Waals surface area contributed by atoms with Crippen molar-refractivity contribution in [2.75, 3.05) is 0 Å². The van der Waals surface area contributed by atoms with Crippen molar-refractivity contribution < 1.29 is 13.6 Å². The molecule has 3 aromatic carbocycles. The van der Waals surface area contributed by atoms with Crippen molar-refractivity contribution in [1.82, 2.24) is 15.5 Å². The van der Waals surface area contributed by atoms with Gasteiger partial charge in [-0.3, -0.25) is 4.79 Å². The van der Waals surface area contributed by atoms with E-state index in [1.807, 2.05) is 30.3 Å². The summed E-state index contributed by atoms with van der Waals surface area (Å²) in [6, 6.07) is 20.8. The highest BCUT2D eigenvalue weighted by atomic mass is 35.5. The Bertz CT molecular complexity index is 1130. The number of carbonyl (C=O) groups is 1. The molecule has 1 amide bonds. The first-order valence-corrected chi connectivity index (χ1v) is 9.18. The summed E-state index contributed by atoms with van der Waals surface area (Å²) in [7, 11) is 0. The fourth-order valence-corrected chi connectivity index (χ4v) is 3.03. The van der Waals surface area contributed by atoms with Crippen LogP contribution in [0.4, 0.5) is 4.39 Å². The SMILES string of the molecule is O=C(N[C@H](c1ccc(F)cc1)c1nnc(-c2ccccc2)o1)c1cccc(Cl)c1. The highest BCUT2D eigenvalue weighted by Gasteiger charge is 2.24. The first kappa shape index (κ1) is 18.8. The Balaban J connectivity index is 1.68. The van der Waals surface area contributed by atoms with Crippen molar-refractivity contribution in [2.45, 2.75) is 6.04 Å². The molecular weight excluding hydrogens is 393 g/mol. The minimum absolute atomic E-state index is 0.186. The lowest BCUT2D eigenvalue weighted by molar-refractivity contribution is 0.0938. The topological polar surface area (TPSA) is 68.0 Å². The first-order valence-electron chi connectivity index (χ1n) is 8.81. The fraction of sp³-hybridized carbons (Fsp3) is 0.0455. The van der Waals surface area contributed by atoms with Gasteiger partial charge in [-0.1, -0.05) is 48.0 Å². The maximum atomic E-state index is 13.4. The number of hydrogen-bond donors (Lipinski definition) is 1. The summed E-state index contributed by atoms with van der Waals surface area (Å²) in [5.74, 6) is -0.249. The van der Waals surface area contributed by atoms with Gasteiger partial charge in [0, 0.05) is 16.1 Å². The highest BCUT2D eigenvalue weighted by molar-refractivity contribution is 6.30. The lowest BCUT2D eigenvalue weighted by Crippen LogP contribution is -2.29. The van der Waals surface area contributed by atoms with Crippen molar-refractivity contribution in [3.63, 3.8) is 0 Å². The molecule has 0 bridgehead atoms. The number of nitrogens with zero attached hydrogens (tertiary/aromatic N) is 2. The molecule has 0 unspecified atom stereocenters. The van der Waals surface area contributed by atoms with E-state index in [9.17, 15) is 9.18 Å². The van der Waals surface area contributed by atoms with Crippen molar-refractivity contribution in [1.29, 1.82) is 0 Å². The lowest BCUT2D eigenvalue weighted by Gasteiger charge is -2.16. The number of aromatic nitrogens is 2. The molecule has 4 aromatic rings. The van der Waals surface area contributed by atoms with Crippen LogP contribution >= 0.6 is 11.6 Å². The Labute approximate surface area is 171 Å². The van der Waals surface area contributed by atoms with Crippen LogP contribution in [0, 0.1) is 5.82 Å². The Morgan fingerprint density at radius 2 is 1.72 bits per heavy atom. The zero-order valence-corrected chi connectivity index (χ0v) is 15.8. The van der Waals surface area contributed by atoms with Crippen LogP contribution in [0.3, 0.4) is 0 Å². The second-order valence-corrected chi connectivity index (χ2v) is 6.72. The number of nitrogens with one attached hydrogen (secondary N) is 1. The molecule has 5 nitrogen and oxygen atoms in total. The van der Waals surface area contributed by atoms with Crippen LogP contribution in [0.5, 0.6) is 0 Å². The summed E-state index contributed by atoms with van der Waals surface area (Å²) >= 11 is 5.99. The largest absolute Gasteiger partial charge is 0.418 e. The molecular formula is C22H15ClFN3O2. The quantitative estimate of drug-likeness (QED) is 0.502. The van der Waals surface area contributed by atoms with Gasteiger partial charge < -0.3 is 9.73 Å². The molecule has 0 radical (unpaired) electrons. The number of hydrogen-bond acceptors (Lipinski definition) is 4. The first-order chi connectivity index (χ1) is 14.1. The van der Waals surface area contributed by atoms with Crippen molar-refractivity contribution >= 4 is 17.5 Å². The second kappa shape index (κ2) is 8.24. The van der Waals surface area contributed by atoms with Crippen molar-refractivity contribution in [2.24, 2.45) is 0 Å². The monoisotopic (exact) mass is 407 g/mol. The smallest absolute Gasteiger partial charge is 0.252 e. The van der Waals surface area contributed by atoms with Crippen LogP contribution in [0.1, 0.15) is 27.9 Å². The Hall–Kier alpha value is -3.51. The third kappa shape index (κ3) is 4.33. The third-order valence-corrected chi connectivity index (χ3v) is 4.51. The molecule has 0 aliphatic rings. The van der Waals surface area contributed by atoms with Gasteiger partial charge in [-0.2, -0.15) is 0 Å². The molecule has 0 aliphatic carbocycles. The van der Waals surface area contributed by atoms with Gasteiger partial charge in [0.25, 0.3) is 5.91 Å². The summed E-state index contributed by atoms with van der Waals surface area (Å²) < 4.78 is 19.2. The number of carbonyl (C=O) groups excluding carboxylic acids is 1. The van der Waals surface area contributed by atoms with E-state index in [1.54, 1.807) is 36.4 Å². The van der Waals surface area contributed by atoms with Crippen LogP contribution in [0.25, 0.3) is 11.5 Å². The molecule has 0 aliphatic heterocycles. The standard InChI is InChI=1S/C22H15ClFN3O2/c23-17-8-4-7-16(13-17)20(28)25-19(14-9-11-18(24)12-10-14)22-27-26-21(29-22)15-5-2-1-3-6-15/h1-13,19H,(H,25,28)/t19-/m1/s1. The zero-order chi connectivity index (χ0) is 20.2. The van der Waals surface area contributed by atoms with Gasteiger partial charge in [0.15, 0.2) is 0 Å². The minimum Gasteiger partial charge on any atom is -0.418 e. The molecule has 0 spiro atoms. The average molecular weight is 408 g/mol. The average Bonchev–Trinajstić information content (AvgIpc) is 3.23. The summed E-state index contributed by atoms with van der Waals surface area (Å²) in [5.41, 5.74) is 1.74. The number of benzene rings is 3. The third-order valence-electron chi connectivity index (χ3n) is 4.27. The zero-order valence-electron chi connectivity index (χ0n) is 15.0. The van der Waals surface area contributed by atoms with Crippen LogP contribution in [-0.2, 0) is 0 Å². The molecule has 1 aromatic heterocycles. The molecule has 0 saturated carbocycles. The van der Waals surface area contributed by atoms with E-state index >= 15 is 0 Å². The molecule has 7 heteroatoms. The van der Waals surface area contributed by atoms with E-state index in [-0.39, 0.29) is 17.6 Å². The van der Waals surface area contributed by atoms with E-state index in [2.05, 4.69) is 15.5 Å².